The second-order valence-corrected chi connectivity index (χ2v) is 5.02. The smallest absolute Gasteiger partial charge is 0.255 e. The fraction of sp³-hybridized carbons (Fsp3) is 0. The Morgan fingerprint density at radius 3 is 2.21 bits per heavy atom. The lowest BCUT2D eigenvalue weighted by Crippen LogP contribution is -2.13. The Balaban J connectivity index is 1.71. The molecular formula is C19H13F2NO2. The van der Waals surface area contributed by atoms with Crippen LogP contribution < -0.4 is 10.1 Å². The van der Waals surface area contributed by atoms with E-state index < -0.39 is 17.5 Å². The monoisotopic (exact) mass is 325 g/mol. The minimum atomic E-state index is -0.700. The van der Waals surface area contributed by atoms with E-state index in [1.54, 1.807) is 24.3 Å². The molecule has 0 aliphatic rings. The van der Waals surface area contributed by atoms with Crippen LogP contribution in [0.4, 0.5) is 14.5 Å². The molecule has 0 saturated carbocycles. The van der Waals surface area contributed by atoms with Gasteiger partial charge in [-0.25, -0.2) is 8.78 Å². The minimum absolute atomic E-state index is 0.204. The number of carbonyl (C=O) groups excluding carboxylic acids is 1. The molecule has 24 heavy (non-hydrogen) atoms. The first-order valence-electron chi connectivity index (χ1n) is 7.21. The molecule has 1 N–H and O–H groups in total. The zero-order chi connectivity index (χ0) is 16.9. The van der Waals surface area contributed by atoms with Gasteiger partial charge >= 0.3 is 0 Å². The maximum atomic E-state index is 13.6. The molecule has 0 atom stereocenters. The molecule has 3 aromatic carbocycles. The van der Waals surface area contributed by atoms with Gasteiger partial charge < -0.3 is 10.1 Å². The van der Waals surface area contributed by atoms with Crippen molar-refractivity contribution in [2.45, 2.75) is 0 Å². The Morgan fingerprint density at radius 1 is 0.833 bits per heavy atom. The van der Waals surface area contributed by atoms with E-state index in [0.29, 0.717) is 17.1 Å². The predicted molar refractivity (Wildman–Crippen MR) is 87.3 cm³/mol. The van der Waals surface area contributed by atoms with Gasteiger partial charge in [-0.3, -0.25) is 4.79 Å². The van der Waals surface area contributed by atoms with Crippen molar-refractivity contribution in [3.63, 3.8) is 0 Å². The quantitative estimate of drug-likeness (QED) is 0.732. The van der Waals surface area contributed by atoms with Crippen LogP contribution in [0.1, 0.15) is 10.4 Å². The fourth-order valence-corrected chi connectivity index (χ4v) is 2.09. The molecule has 0 fully saturated rings. The highest BCUT2D eigenvalue weighted by atomic mass is 19.1. The van der Waals surface area contributed by atoms with E-state index in [2.05, 4.69) is 5.32 Å². The van der Waals surface area contributed by atoms with Crippen molar-refractivity contribution in [1.29, 1.82) is 0 Å². The molecule has 0 spiro atoms. The summed E-state index contributed by atoms with van der Waals surface area (Å²) in [6.45, 7) is 0. The number of rotatable bonds is 4. The molecule has 0 aliphatic heterocycles. The maximum Gasteiger partial charge on any atom is 0.255 e. The van der Waals surface area contributed by atoms with E-state index in [4.69, 9.17) is 4.74 Å². The Labute approximate surface area is 137 Å². The lowest BCUT2D eigenvalue weighted by molar-refractivity contribution is 0.102. The number of para-hydroxylation sites is 1. The van der Waals surface area contributed by atoms with Gasteiger partial charge in [0.1, 0.15) is 23.1 Å². The van der Waals surface area contributed by atoms with Crippen LogP contribution in [0.3, 0.4) is 0 Å². The van der Waals surface area contributed by atoms with Crippen LogP contribution in [0.5, 0.6) is 11.5 Å². The van der Waals surface area contributed by atoms with Crippen LogP contribution in [-0.4, -0.2) is 5.91 Å². The van der Waals surface area contributed by atoms with Crippen molar-refractivity contribution in [2.24, 2.45) is 0 Å². The Morgan fingerprint density at radius 2 is 1.50 bits per heavy atom. The summed E-state index contributed by atoms with van der Waals surface area (Å²) in [6, 6.07) is 18.4. The van der Waals surface area contributed by atoms with E-state index >= 15 is 0 Å². The number of benzene rings is 3. The number of anilines is 1. The third-order valence-electron chi connectivity index (χ3n) is 3.27. The van der Waals surface area contributed by atoms with Crippen LogP contribution >= 0.6 is 0 Å². The molecule has 0 saturated heterocycles. The summed E-state index contributed by atoms with van der Waals surface area (Å²) < 4.78 is 32.3. The zero-order valence-electron chi connectivity index (χ0n) is 12.5. The van der Waals surface area contributed by atoms with Gasteiger partial charge in [-0.2, -0.15) is 0 Å². The van der Waals surface area contributed by atoms with Crippen LogP contribution in [-0.2, 0) is 0 Å². The van der Waals surface area contributed by atoms with Gasteiger partial charge in [-0.1, -0.05) is 18.2 Å². The number of hydrogen-bond donors (Lipinski definition) is 1. The number of carbonyl (C=O) groups is 1. The van der Waals surface area contributed by atoms with Gasteiger partial charge in [0.05, 0.1) is 5.69 Å². The summed E-state index contributed by atoms with van der Waals surface area (Å²) in [5, 5.41) is 2.34. The largest absolute Gasteiger partial charge is 0.457 e. The van der Waals surface area contributed by atoms with Crippen LogP contribution in [0, 0.1) is 11.6 Å². The standard InChI is InChI=1S/C19H13F2NO2/c20-14-8-11-17(21)18(12-14)22-19(23)13-6-9-16(10-7-13)24-15-4-2-1-3-5-15/h1-12H,(H,22,23). The lowest BCUT2D eigenvalue weighted by atomic mass is 10.2. The van der Waals surface area contributed by atoms with E-state index in [1.807, 2.05) is 30.3 Å². The van der Waals surface area contributed by atoms with Crippen LogP contribution in [0.15, 0.2) is 72.8 Å². The second kappa shape index (κ2) is 6.91. The van der Waals surface area contributed by atoms with E-state index in [1.165, 1.54) is 0 Å². The van der Waals surface area contributed by atoms with Crippen LogP contribution in [0.2, 0.25) is 0 Å². The SMILES string of the molecule is O=C(Nc1cc(F)ccc1F)c1ccc(Oc2ccccc2)cc1. The highest BCUT2D eigenvalue weighted by Crippen LogP contribution is 2.22. The molecule has 5 heteroatoms. The first-order valence-corrected chi connectivity index (χ1v) is 7.21. The van der Waals surface area contributed by atoms with E-state index in [9.17, 15) is 13.6 Å². The molecule has 0 bridgehead atoms. The minimum Gasteiger partial charge on any atom is -0.457 e. The average molecular weight is 325 g/mol. The maximum absolute atomic E-state index is 13.6. The normalized spacial score (nSPS) is 10.2. The van der Waals surface area contributed by atoms with Gasteiger partial charge in [0, 0.05) is 11.6 Å². The number of hydrogen-bond acceptors (Lipinski definition) is 2. The Kier molecular flexibility index (Phi) is 4.52. The van der Waals surface area contributed by atoms with Gasteiger partial charge in [-0.05, 0) is 48.5 Å². The highest BCUT2D eigenvalue weighted by Gasteiger charge is 2.10. The first kappa shape index (κ1) is 15.7. The summed E-state index contributed by atoms with van der Waals surface area (Å²) in [7, 11) is 0. The Hall–Kier alpha value is -3.21. The average Bonchev–Trinajstić information content (AvgIpc) is 2.60. The Bertz CT molecular complexity index is 849. The molecule has 0 aromatic heterocycles. The van der Waals surface area contributed by atoms with Crippen molar-refractivity contribution in [1.82, 2.24) is 0 Å². The highest BCUT2D eigenvalue weighted by molar-refractivity contribution is 6.04. The molecule has 0 radical (unpaired) electrons. The summed E-state index contributed by atoms with van der Waals surface area (Å²) in [5.74, 6) is -0.621. The fourth-order valence-electron chi connectivity index (χ4n) is 2.09. The van der Waals surface area contributed by atoms with Crippen molar-refractivity contribution in [3.8, 4) is 11.5 Å². The topological polar surface area (TPSA) is 38.3 Å². The summed E-state index contributed by atoms with van der Waals surface area (Å²) in [5.41, 5.74) is 0.101. The summed E-state index contributed by atoms with van der Waals surface area (Å²) >= 11 is 0. The van der Waals surface area contributed by atoms with E-state index in [-0.39, 0.29) is 5.69 Å². The van der Waals surface area contributed by atoms with Gasteiger partial charge in [0.15, 0.2) is 0 Å². The molecule has 0 aliphatic carbocycles. The van der Waals surface area contributed by atoms with Gasteiger partial charge in [0.25, 0.3) is 5.91 Å². The lowest BCUT2D eigenvalue weighted by Gasteiger charge is -2.08. The molecule has 1 amide bonds. The molecular weight excluding hydrogens is 312 g/mol. The predicted octanol–water partition coefficient (Wildman–Crippen LogP) is 5.01. The van der Waals surface area contributed by atoms with Gasteiger partial charge in [-0.15, -0.1) is 0 Å². The first-order chi connectivity index (χ1) is 11.6. The number of ether oxygens (including phenoxy) is 1. The molecule has 0 heterocycles. The van der Waals surface area contributed by atoms with Gasteiger partial charge in [0.2, 0.25) is 0 Å². The molecule has 0 unspecified atom stereocenters. The number of halogens is 2. The third-order valence-corrected chi connectivity index (χ3v) is 3.27. The number of nitrogens with one attached hydrogen (secondary N) is 1. The zero-order valence-corrected chi connectivity index (χ0v) is 12.5. The molecule has 120 valence electrons. The van der Waals surface area contributed by atoms with Crippen LogP contribution in [0.25, 0.3) is 0 Å². The second-order valence-electron chi connectivity index (χ2n) is 5.02. The van der Waals surface area contributed by atoms with E-state index in [0.717, 1.165) is 18.2 Å². The molecule has 3 rings (SSSR count). The summed E-state index contributed by atoms with van der Waals surface area (Å²) in [6.07, 6.45) is 0. The van der Waals surface area contributed by atoms with Crippen molar-refractivity contribution >= 4 is 11.6 Å². The number of amides is 1. The summed E-state index contributed by atoms with van der Waals surface area (Å²) in [4.78, 5) is 12.1. The molecule has 3 nitrogen and oxygen atoms in total. The third kappa shape index (κ3) is 3.76. The molecule has 3 aromatic rings. The van der Waals surface area contributed by atoms with Crippen molar-refractivity contribution < 1.29 is 18.3 Å². The van der Waals surface area contributed by atoms with Crippen molar-refractivity contribution in [3.05, 3.63) is 90.0 Å². The van der Waals surface area contributed by atoms with Crippen molar-refractivity contribution in [2.75, 3.05) is 5.32 Å².